The number of rotatable bonds is 9. The summed E-state index contributed by atoms with van der Waals surface area (Å²) in [4.78, 5) is 20.9. The zero-order chi connectivity index (χ0) is 11.7. The number of carbonyl (C=O) groups excluding carboxylic acids is 1. The molecule has 0 saturated carbocycles. The Morgan fingerprint density at radius 1 is 1.60 bits per heavy atom. The van der Waals surface area contributed by atoms with Gasteiger partial charge in [-0.2, -0.15) is 0 Å². The second-order valence-electron chi connectivity index (χ2n) is 3.29. The number of hydrogen-bond donors (Lipinski definition) is 2. The van der Waals surface area contributed by atoms with Crippen molar-refractivity contribution in [2.75, 3.05) is 13.2 Å². The summed E-state index contributed by atoms with van der Waals surface area (Å²) in [6.07, 6.45) is 1.76. The van der Waals surface area contributed by atoms with E-state index in [0.717, 1.165) is 12.7 Å². The van der Waals surface area contributed by atoms with E-state index in [1.807, 2.05) is 6.92 Å². The highest BCUT2D eigenvalue weighted by Crippen LogP contribution is 1.99. The third-order valence-electron chi connectivity index (χ3n) is 2.02. The summed E-state index contributed by atoms with van der Waals surface area (Å²) in [7, 11) is 0. The zero-order valence-electron chi connectivity index (χ0n) is 9.23. The minimum atomic E-state index is -0.869. The van der Waals surface area contributed by atoms with Crippen LogP contribution in [0.5, 0.6) is 0 Å². The van der Waals surface area contributed by atoms with Crippen molar-refractivity contribution in [3.8, 4) is 0 Å². The fourth-order valence-corrected chi connectivity index (χ4v) is 1.11. The normalized spacial score (nSPS) is 14.5. The first kappa shape index (κ1) is 14.1. The molecule has 0 aliphatic carbocycles. The Bertz CT molecular complexity index is 196. The van der Waals surface area contributed by atoms with Crippen LogP contribution in [0.1, 0.15) is 26.7 Å². The van der Waals surface area contributed by atoms with Crippen molar-refractivity contribution >= 4 is 12.3 Å². The number of nitrogens with one attached hydrogen (secondary N) is 1. The topological polar surface area (TPSA) is 75.6 Å². The Kier molecular flexibility index (Phi) is 7.85. The first-order valence-electron chi connectivity index (χ1n) is 5.14. The average molecular weight is 217 g/mol. The average Bonchev–Trinajstić information content (AvgIpc) is 2.22. The SMILES string of the molecule is CCOC(C=O)CCCN[C@@H](C)C(=O)O. The molecule has 0 radical (unpaired) electrons. The molecule has 0 bridgehead atoms. The van der Waals surface area contributed by atoms with Gasteiger partial charge < -0.3 is 20.0 Å². The molecule has 0 saturated heterocycles. The van der Waals surface area contributed by atoms with Gasteiger partial charge in [0.15, 0.2) is 0 Å². The number of ether oxygens (including phenoxy) is 1. The molecule has 0 rings (SSSR count). The minimum absolute atomic E-state index is 0.364. The Hall–Kier alpha value is -0.940. The monoisotopic (exact) mass is 217 g/mol. The van der Waals surface area contributed by atoms with E-state index >= 15 is 0 Å². The van der Waals surface area contributed by atoms with Crippen molar-refractivity contribution in [1.29, 1.82) is 0 Å². The van der Waals surface area contributed by atoms with Crippen LogP contribution in [0.2, 0.25) is 0 Å². The van der Waals surface area contributed by atoms with Crippen LogP contribution in [0, 0.1) is 0 Å². The lowest BCUT2D eigenvalue weighted by molar-refractivity contribution is -0.139. The summed E-state index contributed by atoms with van der Waals surface area (Å²) >= 11 is 0. The zero-order valence-corrected chi connectivity index (χ0v) is 9.23. The second kappa shape index (κ2) is 8.38. The molecule has 1 unspecified atom stereocenters. The Morgan fingerprint density at radius 2 is 2.27 bits per heavy atom. The molecule has 0 aliphatic rings. The number of carboxylic acid groups (broad SMARTS) is 1. The summed E-state index contributed by atoms with van der Waals surface area (Å²) in [6, 6.07) is -0.549. The van der Waals surface area contributed by atoms with Gasteiger partial charge in [-0.05, 0) is 33.2 Å². The van der Waals surface area contributed by atoms with Crippen LogP contribution in [-0.2, 0) is 14.3 Å². The highest BCUT2D eigenvalue weighted by atomic mass is 16.5. The van der Waals surface area contributed by atoms with E-state index in [2.05, 4.69) is 5.32 Å². The van der Waals surface area contributed by atoms with Gasteiger partial charge in [0.2, 0.25) is 0 Å². The first-order chi connectivity index (χ1) is 7.11. The Morgan fingerprint density at radius 3 is 2.73 bits per heavy atom. The molecular formula is C10H19NO4. The number of hydrogen-bond acceptors (Lipinski definition) is 4. The van der Waals surface area contributed by atoms with Gasteiger partial charge >= 0.3 is 5.97 Å². The molecule has 0 aromatic carbocycles. The van der Waals surface area contributed by atoms with Gasteiger partial charge in [-0.15, -0.1) is 0 Å². The second-order valence-corrected chi connectivity index (χ2v) is 3.29. The van der Waals surface area contributed by atoms with Crippen LogP contribution < -0.4 is 5.32 Å². The highest BCUT2D eigenvalue weighted by Gasteiger charge is 2.10. The third-order valence-corrected chi connectivity index (χ3v) is 2.02. The molecule has 0 amide bonds. The number of aldehydes is 1. The quantitative estimate of drug-likeness (QED) is 0.433. The summed E-state index contributed by atoms with van der Waals surface area (Å²) in [5.74, 6) is -0.869. The third kappa shape index (κ3) is 7.04. The molecule has 2 atom stereocenters. The van der Waals surface area contributed by atoms with E-state index in [-0.39, 0.29) is 6.10 Å². The van der Waals surface area contributed by atoms with Crippen LogP contribution in [0.15, 0.2) is 0 Å². The van der Waals surface area contributed by atoms with Crippen molar-refractivity contribution in [1.82, 2.24) is 5.32 Å². The molecule has 5 nitrogen and oxygen atoms in total. The molecule has 2 N–H and O–H groups in total. The lowest BCUT2D eigenvalue weighted by Gasteiger charge is -2.11. The first-order valence-corrected chi connectivity index (χ1v) is 5.14. The van der Waals surface area contributed by atoms with Crippen molar-refractivity contribution in [2.45, 2.75) is 38.8 Å². The number of aliphatic carboxylic acids is 1. The van der Waals surface area contributed by atoms with Crippen molar-refractivity contribution < 1.29 is 19.4 Å². The van der Waals surface area contributed by atoms with E-state index in [1.54, 1.807) is 6.92 Å². The highest BCUT2D eigenvalue weighted by molar-refractivity contribution is 5.72. The predicted octanol–water partition coefficient (Wildman–Crippen LogP) is 0.433. The van der Waals surface area contributed by atoms with Crippen LogP contribution in [0.4, 0.5) is 0 Å². The van der Waals surface area contributed by atoms with Gasteiger partial charge in [-0.1, -0.05) is 0 Å². The van der Waals surface area contributed by atoms with Crippen LogP contribution in [-0.4, -0.2) is 42.7 Å². The van der Waals surface area contributed by atoms with Crippen molar-refractivity contribution in [3.05, 3.63) is 0 Å². The molecule has 0 fully saturated rings. The van der Waals surface area contributed by atoms with E-state index in [4.69, 9.17) is 9.84 Å². The summed E-state index contributed by atoms with van der Waals surface area (Å²) in [5.41, 5.74) is 0. The molecular weight excluding hydrogens is 198 g/mol. The van der Waals surface area contributed by atoms with Gasteiger partial charge in [-0.25, -0.2) is 0 Å². The molecule has 0 spiro atoms. The standard InChI is InChI=1S/C10H19NO4/c1-3-15-9(7-12)5-4-6-11-8(2)10(13)14/h7-9,11H,3-6H2,1-2H3,(H,13,14)/t8-,9?/m0/s1. The maximum atomic E-state index is 10.5. The van der Waals surface area contributed by atoms with Gasteiger partial charge in [0.1, 0.15) is 18.4 Å². The van der Waals surface area contributed by atoms with Gasteiger partial charge in [0, 0.05) is 6.61 Å². The maximum Gasteiger partial charge on any atom is 0.320 e. The Balaban J connectivity index is 3.51. The van der Waals surface area contributed by atoms with Gasteiger partial charge in [0.25, 0.3) is 0 Å². The van der Waals surface area contributed by atoms with Gasteiger partial charge in [0.05, 0.1) is 0 Å². The van der Waals surface area contributed by atoms with E-state index in [9.17, 15) is 9.59 Å². The molecule has 5 heteroatoms. The van der Waals surface area contributed by atoms with Crippen LogP contribution in [0.25, 0.3) is 0 Å². The molecule has 0 heterocycles. The lowest BCUT2D eigenvalue weighted by atomic mass is 10.2. The maximum absolute atomic E-state index is 10.5. The van der Waals surface area contributed by atoms with Crippen LogP contribution in [0.3, 0.4) is 0 Å². The fourth-order valence-electron chi connectivity index (χ4n) is 1.11. The van der Waals surface area contributed by atoms with Crippen LogP contribution >= 0.6 is 0 Å². The Labute approximate surface area is 89.8 Å². The largest absolute Gasteiger partial charge is 0.480 e. The van der Waals surface area contributed by atoms with E-state index in [1.165, 1.54) is 0 Å². The summed E-state index contributed by atoms with van der Waals surface area (Å²) in [5, 5.41) is 11.4. The minimum Gasteiger partial charge on any atom is -0.480 e. The van der Waals surface area contributed by atoms with E-state index in [0.29, 0.717) is 19.6 Å². The smallest absolute Gasteiger partial charge is 0.320 e. The molecule has 15 heavy (non-hydrogen) atoms. The fraction of sp³-hybridized carbons (Fsp3) is 0.800. The lowest BCUT2D eigenvalue weighted by Crippen LogP contribution is -2.34. The van der Waals surface area contributed by atoms with Gasteiger partial charge in [-0.3, -0.25) is 4.79 Å². The predicted molar refractivity (Wildman–Crippen MR) is 55.8 cm³/mol. The molecule has 0 aromatic rings. The number of carboxylic acids is 1. The molecule has 88 valence electrons. The summed E-state index contributed by atoms with van der Waals surface area (Å²) < 4.78 is 5.13. The summed E-state index contributed by atoms with van der Waals surface area (Å²) in [6.45, 7) is 4.51. The number of carbonyl (C=O) groups is 2. The van der Waals surface area contributed by atoms with E-state index < -0.39 is 12.0 Å². The molecule has 0 aliphatic heterocycles. The van der Waals surface area contributed by atoms with Crippen molar-refractivity contribution in [3.63, 3.8) is 0 Å². The molecule has 0 aromatic heterocycles. The van der Waals surface area contributed by atoms with Crippen molar-refractivity contribution in [2.24, 2.45) is 0 Å².